The maximum Gasteiger partial charge on any atom is 0.171 e. The molecule has 0 radical (unpaired) electrons. The first kappa shape index (κ1) is 11.3. The van der Waals surface area contributed by atoms with Crippen LogP contribution >= 0.6 is 22.6 Å². The van der Waals surface area contributed by atoms with E-state index >= 15 is 0 Å². The van der Waals surface area contributed by atoms with E-state index in [1.54, 1.807) is 5.01 Å². The van der Waals surface area contributed by atoms with Crippen molar-refractivity contribution in [3.63, 3.8) is 0 Å². The predicted octanol–water partition coefficient (Wildman–Crippen LogP) is 2.62. The molecule has 1 aromatic carbocycles. The molecule has 1 aromatic heterocycles. The van der Waals surface area contributed by atoms with Gasteiger partial charge in [0.1, 0.15) is 0 Å². The van der Waals surface area contributed by atoms with E-state index in [1.165, 1.54) is 0 Å². The van der Waals surface area contributed by atoms with Crippen molar-refractivity contribution < 1.29 is 0 Å². The minimum absolute atomic E-state index is 0.767. The Hall–Kier alpha value is -1.24. The van der Waals surface area contributed by atoms with Gasteiger partial charge in [0.15, 0.2) is 5.82 Å². The van der Waals surface area contributed by atoms with Crippen molar-refractivity contribution in [1.29, 1.82) is 0 Å². The molecule has 2 aromatic rings. The fraction of sp³-hybridized carbons (Fsp3) is 0.182. The Kier molecular flexibility index (Phi) is 3.33. The first-order chi connectivity index (χ1) is 7.76. The summed E-state index contributed by atoms with van der Waals surface area (Å²) in [7, 11) is 1.82. The van der Waals surface area contributed by atoms with Crippen LogP contribution in [0.5, 0.6) is 0 Å². The summed E-state index contributed by atoms with van der Waals surface area (Å²) in [5, 5.41) is 5.50. The maximum absolute atomic E-state index is 4.56. The van der Waals surface area contributed by atoms with Gasteiger partial charge in [0.25, 0.3) is 0 Å². The normalized spacial score (nSPS) is 10.4. The third kappa shape index (κ3) is 1.99. The molecule has 0 spiro atoms. The lowest BCUT2D eigenvalue weighted by Gasteiger charge is -2.14. The first-order valence-electron chi connectivity index (χ1n) is 4.78. The number of anilines is 1. The Morgan fingerprint density at radius 1 is 1.31 bits per heavy atom. The van der Waals surface area contributed by atoms with Crippen molar-refractivity contribution in [2.45, 2.75) is 4.43 Å². The molecule has 0 aliphatic rings. The number of rotatable bonds is 3. The summed E-state index contributed by atoms with van der Waals surface area (Å²) < 4.78 is 0.796. The molecule has 0 saturated heterocycles. The van der Waals surface area contributed by atoms with Crippen molar-refractivity contribution in [1.82, 2.24) is 9.97 Å². The summed E-state index contributed by atoms with van der Waals surface area (Å²) >= 11 is 2.27. The highest BCUT2D eigenvalue weighted by atomic mass is 127. The zero-order valence-corrected chi connectivity index (χ0v) is 11.0. The van der Waals surface area contributed by atoms with Gasteiger partial charge in [0.05, 0.1) is 16.7 Å². The number of benzene rings is 1. The van der Waals surface area contributed by atoms with Gasteiger partial charge in [-0.3, -0.25) is 5.01 Å². The number of fused-ring (bicyclic) bond motifs is 1. The highest BCUT2D eigenvalue weighted by molar-refractivity contribution is 14.1. The van der Waals surface area contributed by atoms with Crippen LogP contribution in [0.3, 0.4) is 0 Å². The maximum atomic E-state index is 4.56. The van der Waals surface area contributed by atoms with Gasteiger partial charge < -0.3 is 0 Å². The lowest BCUT2D eigenvalue weighted by Crippen LogP contribution is -2.13. The molecule has 0 unspecified atom stereocenters. The molecule has 0 amide bonds. The highest BCUT2D eigenvalue weighted by Gasteiger charge is 2.10. The monoisotopic (exact) mass is 326 g/mol. The number of hydrogen-bond donors (Lipinski definition) is 0. The molecule has 0 atom stereocenters. The van der Waals surface area contributed by atoms with Gasteiger partial charge in [0, 0.05) is 18.2 Å². The topological polar surface area (TPSA) is 41.4 Å². The zero-order valence-electron chi connectivity index (χ0n) is 8.89. The number of aromatic nitrogens is 2. The van der Waals surface area contributed by atoms with Crippen LogP contribution in [0.4, 0.5) is 5.82 Å². The summed E-state index contributed by atoms with van der Waals surface area (Å²) in [6, 6.07) is 7.82. The lowest BCUT2D eigenvalue weighted by atomic mass is 10.3. The van der Waals surface area contributed by atoms with Crippen LogP contribution in [0.2, 0.25) is 0 Å². The van der Waals surface area contributed by atoms with Crippen LogP contribution in [-0.4, -0.2) is 23.7 Å². The fourth-order valence-corrected chi connectivity index (χ4v) is 1.95. The van der Waals surface area contributed by atoms with Crippen LogP contribution in [0.1, 0.15) is 5.69 Å². The Labute approximate surface area is 108 Å². The summed E-state index contributed by atoms with van der Waals surface area (Å²) in [4.78, 5) is 9.10. The third-order valence-corrected chi connectivity index (χ3v) is 2.99. The molecule has 0 fully saturated rings. The fourth-order valence-electron chi connectivity index (χ4n) is 1.44. The van der Waals surface area contributed by atoms with Crippen LogP contribution in [0.15, 0.2) is 29.4 Å². The second-order valence-corrected chi connectivity index (χ2v) is 4.04. The Morgan fingerprint density at radius 2 is 1.94 bits per heavy atom. The summed E-state index contributed by atoms with van der Waals surface area (Å²) in [6.45, 7) is 3.50. The van der Waals surface area contributed by atoms with Gasteiger partial charge >= 0.3 is 0 Å². The molecule has 82 valence electrons. The predicted molar refractivity (Wildman–Crippen MR) is 75.2 cm³/mol. The van der Waals surface area contributed by atoms with Gasteiger partial charge in [-0.05, 0) is 12.1 Å². The number of halogens is 1. The molecule has 0 saturated carbocycles. The van der Waals surface area contributed by atoms with Gasteiger partial charge in [0.2, 0.25) is 0 Å². The molecule has 0 aliphatic heterocycles. The lowest BCUT2D eigenvalue weighted by molar-refractivity contribution is 0.965. The van der Waals surface area contributed by atoms with E-state index in [2.05, 4.69) is 44.4 Å². The zero-order chi connectivity index (χ0) is 11.5. The molecule has 5 heteroatoms. The molecule has 0 N–H and O–H groups in total. The van der Waals surface area contributed by atoms with Gasteiger partial charge in [-0.25, -0.2) is 9.97 Å². The molecule has 1 heterocycles. The number of hydrazone groups is 1. The van der Waals surface area contributed by atoms with E-state index in [0.29, 0.717) is 0 Å². The molecule has 4 nitrogen and oxygen atoms in total. The average molecular weight is 326 g/mol. The highest BCUT2D eigenvalue weighted by Crippen LogP contribution is 2.21. The van der Waals surface area contributed by atoms with Gasteiger partial charge in [-0.2, -0.15) is 5.10 Å². The van der Waals surface area contributed by atoms with Crippen molar-refractivity contribution in [2.24, 2.45) is 5.10 Å². The van der Waals surface area contributed by atoms with E-state index < -0.39 is 0 Å². The Bertz CT molecular complexity index is 526. The standard InChI is InChI=1S/C11H11IN4/c1-13-16(2)11-10(7-12)14-8-5-3-4-6-9(8)15-11/h3-6H,1,7H2,2H3. The second kappa shape index (κ2) is 4.73. The number of hydrogen-bond acceptors (Lipinski definition) is 4. The Balaban J connectivity index is 2.67. The second-order valence-electron chi connectivity index (χ2n) is 3.28. The summed E-state index contributed by atoms with van der Waals surface area (Å²) in [5.74, 6) is 0.767. The SMILES string of the molecule is C=NN(C)c1nc2ccccc2nc1CI. The first-order valence-corrected chi connectivity index (χ1v) is 6.31. The van der Waals surface area contributed by atoms with Crippen LogP contribution in [0, 0.1) is 0 Å². The summed E-state index contributed by atoms with van der Waals surface area (Å²) in [6.07, 6.45) is 0. The van der Waals surface area contributed by atoms with Crippen LogP contribution in [-0.2, 0) is 4.43 Å². The number of alkyl halides is 1. The average Bonchev–Trinajstić information content (AvgIpc) is 2.36. The smallest absolute Gasteiger partial charge is 0.171 e. The van der Waals surface area contributed by atoms with E-state index in [1.807, 2.05) is 31.3 Å². The molecule has 0 bridgehead atoms. The Morgan fingerprint density at radius 3 is 2.50 bits per heavy atom. The van der Waals surface area contributed by atoms with E-state index in [0.717, 1.165) is 27.0 Å². The number of para-hydroxylation sites is 2. The molecular formula is C11H11IN4. The number of nitrogens with zero attached hydrogens (tertiary/aromatic N) is 4. The van der Waals surface area contributed by atoms with Gasteiger partial charge in [-0.15, -0.1) is 0 Å². The van der Waals surface area contributed by atoms with Crippen LogP contribution in [0.25, 0.3) is 11.0 Å². The minimum atomic E-state index is 0.767. The minimum Gasteiger partial charge on any atom is -0.250 e. The van der Waals surface area contributed by atoms with Crippen molar-refractivity contribution in [2.75, 3.05) is 12.1 Å². The van der Waals surface area contributed by atoms with Crippen LogP contribution < -0.4 is 5.01 Å². The van der Waals surface area contributed by atoms with Gasteiger partial charge in [-0.1, -0.05) is 34.7 Å². The van der Waals surface area contributed by atoms with Crippen molar-refractivity contribution in [3.05, 3.63) is 30.0 Å². The van der Waals surface area contributed by atoms with E-state index in [-0.39, 0.29) is 0 Å². The quantitative estimate of drug-likeness (QED) is 0.377. The third-order valence-electron chi connectivity index (χ3n) is 2.27. The summed E-state index contributed by atoms with van der Waals surface area (Å²) in [5.41, 5.74) is 2.71. The molecular weight excluding hydrogens is 315 g/mol. The van der Waals surface area contributed by atoms with E-state index in [9.17, 15) is 0 Å². The molecule has 2 rings (SSSR count). The largest absolute Gasteiger partial charge is 0.250 e. The van der Waals surface area contributed by atoms with Crippen molar-refractivity contribution >= 4 is 46.2 Å². The van der Waals surface area contributed by atoms with E-state index in [4.69, 9.17) is 0 Å². The van der Waals surface area contributed by atoms with Crippen molar-refractivity contribution in [3.8, 4) is 0 Å². The molecule has 16 heavy (non-hydrogen) atoms. The molecule has 0 aliphatic carbocycles.